The van der Waals surface area contributed by atoms with E-state index in [1.165, 1.54) is 17.7 Å². The molecule has 0 bridgehead atoms. The molecular formula is C22H26FNO3. The predicted molar refractivity (Wildman–Crippen MR) is 102 cm³/mol. The Hall–Kier alpha value is -2.40. The van der Waals surface area contributed by atoms with Gasteiger partial charge in [0.2, 0.25) is 5.91 Å². The second kappa shape index (κ2) is 8.09. The third kappa shape index (κ3) is 5.07. The molecule has 1 saturated heterocycles. The molecule has 5 heteroatoms. The monoisotopic (exact) mass is 371 g/mol. The van der Waals surface area contributed by atoms with Crippen LogP contribution in [0.1, 0.15) is 29.5 Å². The van der Waals surface area contributed by atoms with Crippen molar-refractivity contribution in [3.8, 4) is 5.75 Å². The van der Waals surface area contributed by atoms with Crippen LogP contribution < -0.4 is 4.74 Å². The van der Waals surface area contributed by atoms with Crippen molar-refractivity contribution < 1.29 is 19.0 Å². The maximum atomic E-state index is 13.0. The number of hydrogen-bond donors (Lipinski definition) is 1. The number of aryl methyl sites for hydroxylation is 2. The SMILES string of the molecule is Cc1ccc(OCC2(O)CCN(C(=O)Cc3ccc(F)cc3)CC2)cc1C. The third-order valence-electron chi connectivity index (χ3n) is 5.30. The van der Waals surface area contributed by atoms with E-state index in [9.17, 15) is 14.3 Å². The second-order valence-electron chi connectivity index (χ2n) is 7.44. The number of piperidine rings is 1. The van der Waals surface area contributed by atoms with Crippen molar-refractivity contribution in [3.05, 3.63) is 65.0 Å². The normalized spacial score (nSPS) is 16.2. The first kappa shape index (κ1) is 19.4. The molecular weight excluding hydrogens is 345 g/mol. The van der Waals surface area contributed by atoms with Crippen LogP contribution in [0, 0.1) is 19.7 Å². The molecule has 0 aliphatic carbocycles. The van der Waals surface area contributed by atoms with Gasteiger partial charge in [0.25, 0.3) is 0 Å². The van der Waals surface area contributed by atoms with Gasteiger partial charge in [-0.2, -0.15) is 0 Å². The lowest BCUT2D eigenvalue weighted by atomic mass is 9.92. The van der Waals surface area contributed by atoms with Gasteiger partial charge >= 0.3 is 0 Å². The summed E-state index contributed by atoms with van der Waals surface area (Å²) in [4.78, 5) is 14.2. The first-order chi connectivity index (χ1) is 12.8. The highest BCUT2D eigenvalue weighted by Gasteiger charge is 2.34. The van der Waals surface area contributed by atoms with Gasteiger partial charge in [0.15, 0.2) is 0 Å². The Labute approximate surface area is 159 Å². The topological polar surface area (TPSA) is 49.8 Å². The minimum absolute atomic E-state index is 0.00117. The van der Waals surface area contributed by atoms with Crippen LogP contribution in [-0.4, -0.2) is 41.2 Å². The van der Waals surface area contributed by atoms with Crippen LogP contribution in [-0.2, 0) is 11.2 Å². The molecule has 2 aromatic rings. The van der Waals surface area contributed by atoms with E-state index in [-0.39, 0.29) is 24.8 Å². The van der Waals surface area contributed by atoms with Crippen molar-refractivity contribution in [1.82, 2.24) is 4.90 Å². The lowest BCUT2D eigenvalue weighted by Gasteiger charge is -2.38. The lowest BCUT2D eigenvalue weighted by Crippen LogP contribution is -2.49. The van der Waals surface area contributed by atoms with Gasteiger partial charge in [-0.15, -0.1) is 0 Å². The first-order valence-electron chi connectivity index (χ1n) is 9.29. The highest BCUT2D eigenvalue weighted by molar-refractivity contribution is 5.78. The summed E-state index contributed by atoms with van der Waals surface area (Å²) in [5.41, 5.74) is 2.22. The zero-order chi connectivity index (χ0) is 19.4. The summed E-state index contributed by atoms with van der Waals surface area (Å²) in [5, 5.41) is 10.8. The molecule has 1 fully saturated rings. The van der Waals surface area contributed by atoms with E-state index >= 15 is 0 Å². The van der Waals surface area contributed by atoms with E-state index < -0.39 is 5.60 Å². The number of hydrogen-bond acceptors (Lipinski definition) is 3. The Morgan fingerprint density at radius 1 is 1.11 bits per heavy atom. The first-order valence-corrected chi connectivity index (χ1v) is 9.29. The minimum Gasteiger partial charge on any atom is -0.491 e. The van der Waals surface area contributed by atoms with Crippen LogP contribution in [0.2, 0.25) is 0 Å². The largest absolute Gasteiger partial charge is 0.491 e. The summed E-state index contributed by atoms with van der Waals surface area (Å²) in [5.74, 6) is 0.443. The highest BCUT2D eigenvalue weighted by Crippen LogP contribution is 2.25. The number of halogens is 1. The molecule has 4 nitrogen and oxygen atoms in total. The number of amides is 1. The van der Waals surface area contributed by atoms with E-state index in [2.05, 4.69) is 0 Å². The molecule has 0 saturated carbocycles. The number of rotatable bonds is 5. The number of ether oxygens (including phenoxy) is 1. The summed E-state index contributed by atoms with van der Waals surface area (Å²) >= 11 is 0. The van der Waals surface area contributed by atoms with Crippen molar-refractivity contribution in [2.75, 3.05) is 19.7 Å². The predicted octanol–water partition coefficient (Wildman–Crippen LogP) is 3.42. The van der Waals surface area contributed by atoms with Crippen molar-refractivity contribution in [3.63, 3.8) is 0 Å². The highest BCUT2D eigenvalue weighted by atomic mass is 19.1. The maximum absolute atomic E-state index is 13.0. The number of likely N-dealkylation sites (tertiary alicyclic amines) is 1. The van der Waals surface area contributed by atoms with Crippen LogP contribution >= 0.6 is 0 Å². The second-order valence-corrected chi connectivity index (χ2v) is 7.44. The Morgan fingerprint density at radius 3 is 2.41 bits per heavy atom. The molecule has 1 aliphatic heterocycles. The lowest BCUT2D eigenvalue weighted by molar-refractivity contribution is -0.135. The molecule has 0 atom stereocenters. The molecule has 1 heterocycles. The summed E-state index contributed by atoms with van der Waals surface area (Å²) in [6.45, 7) is 5.28. The fraction of sp³-hybridized carbons (Fsp3) is 0.409. The smallest absolute Gasteiger partial charge is 0.226 e. The van der Waals surface area contributed by atoms with Gasteiger partial charge < -0.3 is 14.7 Å². The molecule has 1 amide bonds. The van der Waals surface area contributed by atoms with Crippen LogP contribution in [0.4, 0.5) is 4.39 Å². The standard InChI is InChI=1S/C22H26FNO3/c1-16-3-8-20(13-17(16)2)27-15-22(26)9-11-24(12-10-22)21(25)14-18-4-6-19(23)7-5-18/h3-8,13,26H,9-12,14-15H2,1-2H3. The minimum atomic E-state index is -0.925. The van der Waals surface area contributed by atoms with E-state index in [0.29, 0.717) is 25.9 Å². The third-order valence-corrected chi connectivity index (χ3v) is 5.30. The van der Waals surface area contributed by atoms with Gasteiger partial charge in [-0.1, -0.05) is 18.2 Å². The fourth-order valence-electron chi connectivity index (χ4n) is 3.23. The molecule has 0 radical (unpaired) electrons. The number of nitrogens with zero attached hydrogens (tertiary/aromatic N) is 1. The average molecular weight is 371 g/mol. The van der Waals surface area contributed by atoms with Crippen LogP contribution in [0.3, 0.4) is 0 Å². The molecule has 3 rings (SSSR count). The van der Waals surface area contributed by atoms with Crippen molar-refractivity contribution in [2.24, 2.45) is 0 Å². The van der Waals surface area contributed by atoms with Crippen molar-refractivity contribution >= 4 is 5.91 Å². The summed E-state index contributed by atoms with van der Waals surface area (Å²) in [6.07, 6.45) is 1.21. The summed E-state index contributed by atoms with van der Waals surface area (Å²) < 4.78 is 18.8. The molecule has 0 spiro atoms. The van der Waals surface area contributed by atoms with Crippen molar-refractivity contribution in [1.29, 1.82) is 0 Å². The van der Waals surface area contributed by atoms with E-state index in [4.69, 9.17) is 4.74 Å². The number of carbonyl (C=O) groups is 1. The molecule has 1 N–H and O–H groups in total. The van der Waals surface area contributed by atoms with Crippen LogP contribution in [0.5, 0.6) is 5.75 Å². The van der Waals surface area contributed by atoms with Crippen LogP contribution in [0.25, 0.3) is 0 Å². The van der Waals surface area contributed by atoms with Gasteiger partial charge in [-0.3, -0.25) is 4.79 Å². The average Bonchev–Trinajstić information content (AvgIpc) is 2.65. The summed E-state index contributed by atoms with van der Waals surface area (Å²) in [7, 11) is 0. The quantitative estimate of drug-likeness (QED) is 0.876. The Morgan fingerprint density at radius 2 is 1.78 bits per heavy atom. The van der Waals surface area contributed by atoms with Crippen molar-refractivity contribution in [2.45, 2.75) is 38.7 Å². The zero-order valence-corrected chi connectivity index (χ0v) is 15.9. The van der Waals surface area contributed by atoms with Gasteiger partial charge in [-0.05, 0) is 67.6 Å². The van der Waals surface area contributed by atoms with Gasteiger partial charge in [0, 0.05) is 13.1 Å². The molecule has 144 valence electrons. The Bertz CT molecular complexity index is 796. The van der Waals surface area contributed by atoms with E-state index in [0.717, 1.165) is 16.9 Å². The van der Waals surface area contributed by atoms with Gasteiger partial charge in [0.1, 0.15) is 23.8 Å². The van der Waals surface area contributed by atoms with E-state index in [1.807, 2.05) is 32.0 Å². The summed E-state index contributed by atoms with van der Waals surface area (Å²) in [6, 6.07) is 11.9. The Kier molecular flexibility index (Phi) is 5.80. The van der Waals surface area contributed by atoms with Crippen LogP contribution in [0.15, 0.2) is 42.5 Å². The Balaban J connectivity index is 1.50. The maximum Gasteiger partial charge on any atom is 0.226 e. The zero-order valence-electron chi connectivity index (χ0n) is 15.9. The fourth-order valence-corrected chi connectivity index (χ4v) is 3.23. The number of benzene rings is 2. The molecule has 0 unspecified atom stereocenters. The van der Waals surface area contributed by atoms with Gasteiger partial charge in [0.05, 0.1) is 6.42 Å². The molecule has 27 heavy (non-hydrogen) atoms. The number of aliphatic hydroxyl groups is 1. The molecule has 2 aromatic carbocycles. The molecule has 0 aromatic heterocycles. The van der Waals surface area contributed by atoms with E-state index in [1.54, 1.807) is 17.0 Å². The number of carbonyl (C=O) groups excluding carboxylic acids is 1. The van der Waals surface area contributed by atoms with Gasteiger partial charge in [-0.25, -0.2) is 4.39 Å². The molecule has 1 aliphatic rings.